The number of carbonyl (C=O) groups excluding carboxylic acids is 2. The van der Waals surface area contributed by atoms with E-state index in [1.54, 1.807) is 36.4 Å². The Morgan fingerprint density at radius 3 is 2.16 bits per heavy atom. The summed E-state index contributed by atoms with van der Waals surface area (Å²) in [5, 5.41) is 3.62. The number of nitrogens with one attached hydrogen (secondary N) is 1. The Morgan fingerprint density at radius 2 is 1.55 bits per heavy atom. The molecule has 0 aromatic heterocycles. The zero-order valence-corrected chi connectivity index (χ0v) is 27.0. The highest BCUT2D eigenvalue weighted by molar-refractivity contribution is 7.92. The van der Waals surface area contributed by atoms with Crippen LogP contribution >= 0.6 is 34.8 Å². The summed E-state index contributed by atoms with van der Waals surface area (Å²) in [7, 11) is -1.34. The Kier molecular flexibility index (Phi) is 11.2. The van der Waals surface area contributed by atoms with Gasteiger partial charge in [0.15, 0.2) is 0 Å². The Bertz CT molecular complexity index is 1720. The quantitative estimate of drug-likeness (QED) is 0.192. The predicted octanol–water partition coefficient (Wildman–Crippen LogP) is 6.24. The first kappa shape index (κ1) is 33.1. The number of methoxy groups -OCH3 is 1. The van der Waals surface area contributed by atoms with Gasteiger partial charge in [-0.1, -0.05) is 77.3 Å². The van der Waals surface area contributed by atoms with E-state index in [1.165, 1.54) is 49.4 Å². The van der Waals surface area contributed by atoms with Crippen molar-refractivity contribution >= 4 is 62.3 Å². The highest BCUT2D eigenvalue weighted by atomic mass is 35.5. The first-order valence-electron chi connectivity index (χ1n) is 13.4. The second-order valence-electron chi connectivity index (χ2n) is 9.74. The normalized spacial score (nSPS) is 11.8. The molecule has 0 heterocycles. The molecule has 0 unspecified atom stereocenters. The number of hydrogen-bond donors (Lipinski definition) is 1. The number of amides is 2. The molecule has 0 fully saturated rings. The molecule has 12 heteroatoms. The van der Waals surface area contributed by atoms with Crippen LogP contribution in [-0.4, -0.2) is 51.9 Å². The van der Waals surface area contributed by atoms with Crippen molar-refractivity contribution in [3.8, 4) is 5.75 Å². The highest BCUT2D eigenvalue weighted by Crippen LogP contribution is 2.29. The van der Waals surface area contributed by atoms with Crippen LogP contribution < -0.4 is 14.4 Å². The Morgan fingerprint density at radius 1 is 0.864 bits per heavy atom. The van der Waals surface area contributed by atoms with Crippen molar-refractivity contribution in [2.24, 2.45) is 0 Å². The lowest BCUT2D eigenvalue weighted by Gasteiger charge is -2.33. The fourth-order valence-corrected chi connectivity index (χ4v) is 6.65. The van der Waals surface area contributed by atoms with E-state index in [1.807, 2.05) is 30.3 Å². The molecule has 44 heavy (non-hydrogen) atoms. The molecule has 0 aliphatic heterocycles. The van der Waals surface area contributed by atoms with Gasteiger partial charge in [-0.2, -0.15) is 0 Å². The first-order valence-corrected chi connectivity index (χ1v) is 16.0. The van der Waals surface area contributed by atoms with E-state index in [0.717, 1.165) is 9.87 Å². The van der Waals surface area contributed by atoms with Crippen LogP contribution in [0.3, 0.4) is 0 Å². The molecule has 2 amide bonds. The van der Waals surface area contributed by atoms with E-state index in [0.29, 0.717) is 21.4 Å². The van der Waals surface area contributed by atoms with E-state index < -0.39 is 34.4 Å². The molecule has 0 radical (unpaired) electrons. The summed E-state index contributed by atoms with van der Waals surface area (Å²) >= 11 is 18.9. The molecule has 4 aromatic carbocycles. The van der Waals surface area contributed by atoms with E-state index in [2.05, 4.69) is 5.32 Å². The number of hydrogen-bond acceptors (Lipinski definition) is 5. The standard InChI is InChI=1S/C32H30Cl3N3O5S/c1-36-32(40)30(17-22-7-4-3-5-8-22)37(20-23-11-12-25(34)19-29(23)35)31(39)21-38(26-10-6-9-24(33)18-26)44(41,42)28-15-13-27(43-2)14-16-28/h3-16,18-19,30H,17,20-21H2,1-2H3,(H,36,40)/t30-/m1/s1. The SMILES string of the molecule is CNC(=O)[C@@H](Cc1ccccc1)N(Cc1ccc(Cl)cc1Cl)C(=O)CN(c1cccc(Cl)c1)S(=O)(=O)c1ccc(OC)cc1. The topological polar surface area (TPSA) is 96.0 Å². The largest absolute Gasteiger partial charge is 0.497 e. The van der Waals surface area contributed by atoms with Crippen LogP contribution in [-0.2, 0) is 32.6 Å². The number of benzene rings is 4. The van der Waals surface area contributed by atoms with Crippen molar-refractivity contribution in [2.45, 2.75) is 23.9 Å². The summed E-state index contributed by atoms with van der Waals surface area (Å²) in [5.74, 6) is -0.605. The fraction of sp³-hybridized carbons (Fsp3) is 0.188. The molecular formula is C32H30Cl3N3O5S. The lowest BCUT2D eigenvalue weighted by molar-refractivity contribution is -0.139. The maximum Gasteiger partial charge on any atom is 0.264 e. The lowest BCUT2D eigenvalue weighted by Crippen LogP contribution is -2.53. The number of carbonyl (C=O) groups is 2. The van der Waals surface area contributed by atoms with Crippen LogP contribution in [0.5, 0.6) is 5.75 Å². The summed E-state index contributed by atoms with van der Waals surface area (Å²) in [6.07, 6.45) is 0.167. The zero-order chi connectivity index (χ0) is 31.9. The van der Waals surface area contributed by atoms with Gasteiger partial charge in [0.05, 0.1) is 17.7 Å². The van der Waals surface area contributed by atoms with E-state index in [9.17, 15) is 18.0 Å². The van der Waals surface area contributed by atoms with Crippen LogP contribution in [0.15, 0.2) is 102 Å². The molecule has 230 valence electrons. The minimum absolute atomic E-state index is 0.0643. The summed E-state index contributed by atoms with van der Waals surface area (Å²) < 4.78 is 34.3. The molecule has 0 aliphatic carbocycles. The monoisotopic (exact) mass is 673 g/mol. The van der Waals surface area contributed by atoms with Crippen molar-refractivity contribution in [2.75, 3.05) is 25.0 Å². The molecule has 0 spiro atoms. The maximum absolute atomic E-state index is 14.3. The van der Waals surface area contributed by atoms with Crippen molar-refractivity contribution < 1.29 is 22.7 Å². The van der Waals surface area contributed by atoms with Crippen molar-refractivity contribution in [1.82, 2.24) is 10.2 Å². The molecule has 0 aliphatic rings. The third kappa shape index (κ3) is 8.04. The number of ether oxygens (including phenoxy) is 1. The molecule has 1 N–H and O–H groups in total. The fourth-order valence-electron chi connectivity index (χ4n) is 4.59. The third-order valence-electron chi connectivity index (χ3n) is 6.90. The summed E-state index contributed by atoms with van der Waals surface area (Å²) in [4.78, 5) is 29.0. The lowest BCUT2D eigenvalue weighted by atomic mass is 10.0. The van der Waals surface area contributed by atoms with E-state index in [-0.39, 0.29) is 28.6 Å². The minimum atomic E-state index is -4.29. The van der Waals surface area contributed by atoms with Gasteiger partial charge in [-0.15, -0.1) is 0 Å². The van der Waals surface area contributed by atoms with E-state index in [4.69, 9.17) is 39.5 Å². The van der Waals surface area contributed by atoms with Crippen molar-refractivity contribution in [3.05, 3.63) is 123 Å². The van der Waals surface area contributed by atoms with Gasteiger partial charge >= 0.3 is 0 Å². The number of halogens is 3. The Hall–Kier alpha value is -3.76. The average Bonchev–Trinajstić information content (AvgIpc) is 3.02. The van der Waals surface area contributed by atoms with Gasteiger partial charge in [-0.3, -0.25) is 13.9 Å². The van der Waals surface area contributed by atoms with Crippen molar-refractivity contribution in [1.29, 1.82) is 0 Å². The third-order valence-corrected chi connectivity index (χ3v) is 9.51. The molecule has 0 bridgehead atoms. The second-order valence-corrected chi connectivity index (χ2v) is 12.9. The molecule has 4 rings (SSSR count). The van der Waals surface area contributed by atoms with Crippen LogP contribution in [0.1, 0.15) is 11.1 Å². The smallest absolute Gasteiger partial charge is 0.264 e. The summed E-state index contributed by atoms with van der Waals surface area (Å²) in [5.41, 5.74) is 1.50. The minimum Gasteiger partial charge on any atom is -0.497 e. The van der Waals surface area contributed by atoms with Gasteiger partial charge < -0.3 is 15.0 Å². The number of nitrogens with zero attached hydrogens (tertiary/aromatic N) is 2. The number of rotatable bonds is 12. The van der Waals surface area contributed by atoms with Crippen LogP contribution in [0.2, 0.25) is 15.1 Å². The zero-order valence-electron chi connectivity index (χ0n) is 23.9. The van der Waals surface area contributed by atoms with Gasteiger partial charge in [0, 0.05) is 35.1 Å². The van der Waals surface area contributed by atoms with Crippen LogP contribution in [0.4, 0.5) is 5.69 Å². The Balaban J connectivity index is 1.80. The molecular weight excluding hydrogens is 645 g/mol. The highest BCUT2D eigenvalue weighted by Gasteiger charge is 2.34. The number of likely N-dealkylation sites (N-methyl/N-ethyl adjacent to an activating group) is 1. The Labute approximate surface area is 272 Å². The van der Waals surface area contributed by atoms with Crippen molar-refractivity contribution in [3.63, 3.8) is 0 Å². The predicted molar refractivity (Wildman–Crippen MR) is 174 cm³/mol. The summed E-state index contributed by atoms with van der Waals surface area (Å²) in [6.45, 7) is -0.728. The van der Waals surface area contributed by atoms with E-state index >= 15 is 0 Å². The second kappa shape index (κ2) is 14.8. The number of anilines is 1. The molecule has 8 nitrogen and oxygen atoms in total. The van der Waals surface area contributed by atoms with Gasteiger partial charge in [0.25, 0.3) is 10.0 Å². The molecule has 4 aromatic rings. The van der Waals surface area contributed by atoms with Gasteiger partial charge in [-0.05, 0) is 65.7 Å². The first-order chi connectivity index (χ1) is 21.0. The molecule has 0 saturated carbocycles. The van der Waals surface area contributed by atoms with Gasteiger partial charge in [0.2, 0.25) is 11.8 Å². The molecule has 1 atom stereocenters. The van der Waals surface area contributed by atoms with Gasteiger partial charge in [0.1, 0.15) is 18.3 Å². The molecule has 0 saturated heterocycles. The summed E-state index contributed by atoms with van der Waals surface area (Å²) in [6, 6.07) is 25.0. The van der Waals surface area contributed by atoms with Gasteiger partial charge in [-0.25, -0.2) is 8.42 Å². The average molecular weight is 675 g/mol. The maximum atomic E-state index is 14.3. The van der Waals surface area contributed by atoms with Crippen LogP contribution in [0.25, 0.3) is 0 Å². The van der Waals surface area contributed by atoms with Crippen LogP contribution in [0, 0.1) is 0 Å². The number of sulfonamides is 1.